The lowest BCUT2D eigenvalue weighted by Gasteiger charge is -2.18. The van der Waals surface area contributed by atoms with E-state index in [4.69, 9.17) is 14.2 Å². The highest BCUT2D eigenvalue weighted by Crippen LogP contribution is 2.31. The average Bonchev–Trinajstić information content (AvgIpc) is 2.77. The Morgan fingerprint density at radius 1 is 0.576 bits per heavy atom. The molecule has 5 nitrogen and oxygen atoms in total. The van der Waals surface area contributed by atoms with Gasteiger partial charge in [-0.15, -0.1) is 0 Å². The summed E-state index contributed by atoms with van der Waals surface area (Å²) in [5.74, 6) is 0. The predicted molar refractivity (Wildman–Crippen MR) is 105 cm³/mol. The number of rotatable bonds is 12. The molecule has 0 aliphatic carbocycles. The molecule has 11 heteroatoms. The first kappa shape index (κ1) is 27.1. The van der Waals surface area contributed by atoms with Gasteiger partial charge in [0.15, 0.2) is 0 Å². The maximum absolute atomic E-state index is 12.6. The Labute approximate surface area is 186 Å². The van der Waals surface area contributed by atoms with Crippen LogP contribution in [0.1, 0.15) is 34.5 Å². The third-order valence-corrected chi connectivity index (χ3v) is 4.64. The standard InChI is InChI=1S/C22H24F6O5/c23-21(24,25)17-5-1-15(2-6-17)19(13-29)32-11-9-31-10-12-33-20(14-30)16-3-7-18(8-4-16)22(26,27)28/h1-8,19-20,29-30H,9-14H2/t19-,20-/m1/s1. The van der Waals surface area contributed by atoms with Crippen molar-refractivity contribution in [3.63, 3.8) is 0 Å². The molecule has 0 aliphatic heterocycles. The molecule has 2 rings (SSSR count). The zero-order chi connectivity index (χ0) is 24.5. The van der Waals surface area contributed by atoms with Gasteiger partial charge in [-0.1, -0.05) is 24.3 Å². The lowest BCUT2D eigenvalue weighted by Crippen LogP contribution is -2.16. The maximum Gasteiger partial charge on any atom is 0.416 e. The van der Waals surface area contributed by atoms with Crippen molar-refractivity contribution in [1.29, 1.82) is 0 Å². The molecule has 2 aromatic carbocycles. The van der Waals surface area contributed by atoms with Crippen molar-refractivity contribution in [2.45, 2.75) is 24.6 Å². The van der Waals surface area contributed by atoms with Gasteiger partial charge in [0.1, 0.15) is 12.2 Å². The van der Waals surface area contributed by atoms with E-state index < -0.39 is 48.9 Å². The van der Waals surface area contributed by atoms with Crippen molar-refractivity contribution in [3.8, 4) is 0 Å². The minimum atomic E-state index is -4.45. The van der Waals surface area contributed by atoms with Crippen LogP contribution in [0.5, 0.6) is 0 Å². The number of ether oxygens (including phenoxy) is 3. The van der Waals surface area contributed by atoms with Crippen molar-refractivity contribution in [2.24, 2.45) is 0 Å². The maximum atomic E-state index is 12.6. The summed E-state index contributed by atoms with van der Waals surface area (Å²) in [5.41, 5.74) is -0.833. The fraction of sp³-hybridized carbons (Fsp3) is 0.455. The van der Waals surface area contributed by atoms with Crippen LogP contribution >= 0.6 is 0 Å². The van der Waals surface area contributed by atoms with Gasteiger partial charge in [-0.05, 0) is 35.4 Å². The summed E-state index contributed by atoms with van der Waals surface area (Å²) < 4.78 is 91.9. The van der Waals surface area contributed by atoms with Crippen molar-refractivity contribution in [1.82, 2.24) is 0 Å². The summed E-state index contributed by atoms with van der Waals surface area (Å²) in [6.07, 6.45) is -10.5. The minimum Gasteiger partial charge on any atom is -0.393 e. The van der Waals surface area contributed by atoms with Gasteiger partial charge < -0.3 is 24.4 Å². The van der Waals surface area contributed by atoms with Crippen LogP contribution in [0.25, 0.3) is 0 Å². The van der Waals surface area contributed by atoms with Crippen LogP contribution in [0.2, 0.25) is 0 Å². The topological polar surface area (TPSA) is 68.2 Å². The molecular weight excluding hydrogens is 458 g/mol. The quantitative estimate of drug-likeness (QED) is 0.344. The molecule has 2 atom stereocenters. The normalized spacial score (nSPS) is 14.3. The van der Waals surface area contributed by atoms with Crippen LogP contribution in [0.4, 0.5) is 26.3 Å². The molecule has 0 heterocycles. The predicted octanol–water partition coefficient (Wildman–Crippen LogP) is 4.54. The summed E-state index contributed by atoms with van der Waals surface area (Å²) in [4.78, 5) is 0. The van der Waals surface area contributed by atoms with Gasteiger partial charge >= 0.3 is 12.4 Å². The van der Waals surface area contributed by atoms with E-state index in [1.54, 1.807) is 0 Å². The minimum absolute atomic E-state index is 0.0502. The van der Waals surface area contributed by atoms with E-state index in [0.29, 0.717) is 11.1 Å². The summed E-state index contributed by atoms with van der Waals surface area (Å²) >= 11 is 0. The van der Waals surface area contributed by atoms with Gasteiger partial charge in [0.2, 0.25) is 0 Å². The molecule has 33 heavy (non-hydrogen) atoms. The average molecular weight is 482 g/mol. The molecular formula is C22H24F6O5. The second-order valence-corrected chi connectivity index (χ2v) is 6.94. The van der Waals surface area contributed by atoms with Crippen LogP contribution in [0.3, 0.4) is 0 Å². The lowest BCUT2D eigenvalue weighted by atomic mass is 10.1. The molecule has 2 aromatic rings. The van der Waals surface area contributed by atoms with Crippen LogP contribution in [-0.4, -0.2) is 49.9 Å². The molecule has 2 N–H and O–H groups in total. The SMILES string of the molecule is OC[C@@H](OCCOCCO[C@H](CO)c1ccc(C(F)(F)F)cc1)c1ccc(C(F)(F)F)cc1. The number of benzene rings is 2. The largest absolute Gasteiger partial charge is 0.416 e. The first-order valence-electron chi connectivity index (χ1n) is 9.93. The Hall–Kier alpha value is -2.18. The smallest absolute Gasteiger partial charge is 0.393 e. The van der Waals surface area contributed by atoms with E-state index in [2.05, 4.69) is 0 Å². The van der Waals surface area contributed by atoms with Crippen molar-refractivity contribution in [3.05, 3.63) is 70.8 Å². The molecule has 0 saturated carbocycles. The molecule has 0 amide bonds. The summed E-state index contributed by atoms with van der Waals surface area (Å²) in [6, 6.07) is 8.55. The second-order valence-electron chi connectivity index (χ2n) is 6.94. The first-order chi connectivity index (χ1) is 15.6. The Balaban J connectivity index is 1.69. The van der Waals surface area contributed by atoms with Crippen molar-refractivity contribution >= 4 is 0 Å². The number of hydrogen-bond acceptors (Lipinski definition) is 5. The van der Waals surface area contributed by atoms with E-state index in [1.807, 2.05) is 0 Å². The lowest BCUT2D eigenvalue weighted by molar-refractivity contribution is -0.138. The van der Waals surface area contributed by atoms with Gasteiger partial charge in [0, 0.05) is 0 Å². The third-order valence-electron chi connectivity index (χ3n) is 4.64. The Bertz CT molecular complexity index is 752. The van der Waals surface area contributed by atoms with E-state index in [-0.39, 0.29) is 26.4 Å². The monoisotopic (exact) mass is 482 g/mol. The molecule has 0 radical (unpaired) electrons. The highest BCUT2D eigenvalue weighted by atomic mass is 19.4. The number of aliphatic hydroxyl groups is 2. The number of halogens is 6. The van der Waals surface area contributed by atoms with Crippen LogP contribution in [-0.2, 0) is 26.6 Å². The molecule has 0 bridgehead atoms. The highest BCUT2D eigenvalue weighted by molar-refractivity contribution is 5.27. The molecule has 0 saturated heterocycles. The zero-order valence-electron chi connectivity index (χ0n) is 17.4. The van der Waals surface area contributed by atoms with Crippen LogP contribution in [0, 0.1) is 0 Å². The van der Waals surface area contributed by atoms with Gasteiger partial charge in [0.25, 0.3) is 0 Å². The molecule has 0 spiro atoms. The molecule has 184 valence electrons. The number of alkyl halides is 6. The highest BCUT2D eigenvalue weighted by Gasteiger charge is 2.31. The Kier molecular flexibility index (Phi) is 10.1. The van der Waals surface area contributed by atoms with Gasteiger partial charge in [-0.3, -0.25) is 0 Å². The Morgan fingerprint density at radius 3 is 1.18 bits per heavy atom. The van der Waals surface area contributed by atoms with E-state index >= 15 is 0 Å². The van der Waals surface area contributed by atoms with Crippen molar-refractivity contribution in [2.75, 3.05) is 39.6 Å². The summed E-state index contributed by atoms with van der Waals surface area (Å²) in [7, 11) is 0. The molecule has 0 fully saturated rings. The first-order valence-corrected chi connectivity index (χ1v) is 9.93. The Morgan fingerprint density at radius 2 is 0.909 bits per heavy atom. The second kappa shape index (κ2) is 12.3. The van der Waals surface area contributed by atoms with Crippen LogP contribution < -0.4 is 0 Å². The number of hydrogen-bond donors (Lipinski definition) is 2. The fourth-order valence-corrected chi connectivity index (χ4v) is 2.88. The molecule has 0 aromatic heterocycles. The number of aliphatic hydroxyl groups excluding tert-OH is 2. The van der Waals surface area contributed by atoms with Gasteiger partial charge in [-0.2, -0.15) is 26.3 Å². The van der Waals surface area contributed by atoms with Crippen LogP contribution in [0.15, 0.2) is 48.5 Å². The van der Waals surface area contributed by atoms with E-state index in [1.165, 1.54) is 24.3 Å². The summed E-state index contributed by atoms with van der Waals surface area (Å²) in [5, 5.41) is 18.8. The van der Waals surface area contributed by atoms with E-state index in [0.717, 1.165) is 24.3 Å². The van der Waals surface area contributed by atoms with E-state index in [9.17, 15) is 36.6 Å². The zero-order valence-corrected chi connectivity index (χ0v) is 17.4. The van der Waals surface area contributed by atoms with Gasteiger partial charge in [0.05, 0.1) is 50.8 Å². The van der Waals surface area contributed by atoms with Gasteiger partial charge in [-0.25, -0.2) is 0 Å². The third kappa shape index (κ3) is 8.59. The fourth-order valence-electron chi connectivity index (χ4n) is 2.88. The summed E-state index contributed by atoms with van der Waals surface area (Å²) in [6.45, 7) is -0.558. The molecule has 0 aliphatic rings. The van der Waals surface area contributed by atoms with Crippen molar-refractivity contribution < 1.29 is 50.8 Å². The molecule has 0 unspecified atom stereocenters.